The summed E-state index contributed by atoms with van der Waals surface area (Å²) in [4.78, 5) is 25.7. The van der Waals surface area contributed by atoms with Gasteiger partial charge in [0.2, 0.25) is 5.91 Å². The van der Waals surface area contributed by atoms with Gasteiger partial charge in [0, 0.05) is 26.5 Å². The van der Waals surface area contributed by atoms with E-state index in [1.54, 1.807) is 12.0 Å². The Labute approximate surface area is 135 Å². The molecule has 0 aromatic heterocycles. The van der Waals surface area contributed by atoms with Crippen molar-refractivity contribution in [3.05, 3.63) is 29.3 Å². The number of fused-ring (bicyclic) bond motifs is 1. The summed E-state index contributed by atoms with van der Waals surface area (Å²) in [5.74, 6) is -0.612. The number of amides is 1. The van der Waals surface area contributed by atoms with Crippen molar-refractivity contribution in [3.63, 3.8) is 0 Å². The number of piperidine rings is 1. The predicted octanol–water partition coefficient (Wildman–Crippen LogP) is 1.63. The van der Waals surface area contributed by atoms with E-state index in [9.17, 15) is 14.7 Å². The van der Waals surface area contributed by atoms with E-state index in [0.717, 1.165) is 23.3 Å². The topological polar surface area (TPSA) is 76.1 Å². The van der Waals surface area contributed by atoms with Crippen LogP contribution in [0.1, 0.15) is 30.0 Å². The number of carboxylic acids is 1. The van der Waals surface area contributed by atoms with Gasteiger partial charge in [0.1, 0.15) is 5.75 Å². The molecule has 1 amide bonds. The number of likely N-dealkylation sites (tertiary alicyclic amines) is 1. The van der Waals surface area contributed by atoms with Crippen molar-refractivity contribution in [3.8, 4) is 5.75 Å². The quantitative estimate of drug-likeness (QED) is 0.893. The van der Waals surface area contributed by atoms with Crippen molar-refractivity contribution in [2.45, 2.75) is 25.3 Å². The second-order valence-corrected chi connectivity index (χ2v) is 5.97. The van der Waals surface area contributed by atoms with E-state index in [2.05, 4.69) is 0 Å². The highest BCUT2D eigenvalue weighted by molar-refractivity contribution is 5.81. The van der Waals surface area contributed by atoms with Crippen LogP contribution in [0, 0.1) is 5.92 Å². The van der Waals surface area contributed by atoms with Gasteiger partial charge in [-0.1, -0.05) is 6.07 Å². The van der Waals surface area contributed by atoms with E-state index in [1.807, 2.05) is 18.2 Å². The van der Waals surface area contributed by atoms with Gasteiger partial charge in [-0.3, -0.25) is 9.59 Å². The van der Waals surface area contributed by atoms with Gasteiger partial charge in [-0.15, -0.1) is 0 Å². The Hall–Kier alpha value is -2.08. The first-order valence-electron chi connectivity index (χ1n) is 7.88. The molecule has 0 unspecified atom stereocenters. The van der Waals surface area contributed by atoms with Crippen LogP contribution in [0.2, 0.25) is 0 Å². The largest absolute Gasteiger partial charge is 0.493 e. The van der Waals surface area contributed by atoms with Gasteiger partial charge >= 0.3 is 5.97 Å². The molecule has 1 N–H and O–H groups in total. The number of nitrogens with zero attached hydrogens (tertiary/aromatic N) is 1. The number of methoxy groups -OCH3 is 1. The second kappa shape index (κ2) is 6.58. The van der Waals surface area contributed by atoms with E-state index in [4.69, 9.17) is 9.47 Å². The van der Waals surface area contributed by atoms with Gasteiger partial charge in [0.15, 0.2) is 0 Å². The van der Waals surface area contributed by atoms with Crippen molar-refractivity contribution in [2.24, 2.45) is 5.92 Å². The summed E-state index contributed by atoms with van der Waals surface area (Å²) in [7, 11) is 1.57. The van der Waals surface area contributed by atoms with Crippen molar-refractivity contribution in [2.75, 3.05) is 26.9 Å². The van der Waals surface area contributed by atoms with Gasteiger partial charge in [-0.25, -0.2) is 0 Å². The summed E-state index contributed by atoms with van der Waals surface area (Å²) >= 11 is 0. The van der Waals surface area contributed by atoms with Crippen LogP contribution in [0.4, 0.5) is 0 Å². The molecule has 1 aromatic rings. The maximum absolute atomic E-state index is 12.3. The molecule has 0 radical (unpaired) electrons. The van der Waals surface area contributed by atoms with Crippen molar-refractivity contribution >= 4 is 11.9 Å². The van der Waals surface area contributed by atoms with Gasteiger partial charge in [0.25, 0.3) is 0 Å². The maximum Gasteiger partial charge on any atom is 0.308 e. The normalized spacial score (nSPS) is 23.5. The van der Waals surface area contributed by atoms with E-state index in [0.29, 0.717) is 26.2 Å². The zero-order valence-electron chi connectivity index (χ0n) is 13.2. The molecule has 2 heterocycles. The number of rotatable bonds is 5. The number of carbonyl (C=O) groups is 2. The number of aliphatic carboxylic acids is 1. The van der Waals surface area contributed by atoms with Crippen LogP contribution >= 0.6 is 0 Å². The summed E-state index contributed by atoms with van der Waals surface area (Å²) in [5, 5.41) is 9.60. The van der Waals surface area contributed by atoms with Crippen molar-refractivity contribution in [1.82, 2.24) is 4.90 Å². The minimum absolute atomic E-state index is 0.0127. The molecule has 0 aliphatic carbocycles. The van der Waals surface area contributed by atoms with E-state index in [-0.39, 0.29) is 12.3 Å². The Kier molecular flexibility index (Phi) is 4.52. The van der Waals surface area contributed by atoms with E-state index < -0.39 is 17.9 Å². The Bertz CT molecular complexity index is 615. The van der Waals surface area contributed by atoms with Gasteiger partial charge in [-0.2, -0.15) is 0 Å². The second-order valence-electron chi connectivity index (χ2n) is 5.97. The summed E-state index contributed by atoms with van der Waals surface area (Å²) in [6.45, 7) is 1.44. The Morgan fingerprint density at radius 2 is 2.26 bits per heavy atom. The smallest absolute Gasteiger partial charge is 0.308 e. The highest BCUT2D eigenvalue weighted by Crippen LogP contribution is 2.39. The van der Waals surface area contributed by atoms with Crippen LogP contribution in [0.25, 0.3) is 0 Å². The fourth-order valence-electron chi connectivity index (χ4n) is 3.47. The molecular formula is C17H21NO5. The molecule has 0 spiro atoms. The Morgan fingerprint density at radius 3 is 3.00 bits per heavy atom. The van der Waals surface area contributed by atoms with Crippen LogP contribution in [0.3, 0.4) is 0 Å². The fraction of sp³-hybridized carbons (Fsp3) is 0.529. The Morgan fingerprint density at radius 1 is 1.43 bits per heavy atom. The molecule has 2 atom stereocenters. The maximum atomic E-state index is 12.3. The SMILES string of the molecule is COCCN1C(=O)CC[C@@H](C(=O)O)[C@@H]1c1ccc2c(c1)CCO2. The summed E-state index contributed by atoms with van der Waals surface area (Å²) in [5.41, 5.74) is 1.95. The molecule has 0 saturated carbocycles. The average Bonchev–Trinajstić information content (AvgIpc) is 3.00. The third-order valence-electron chi connectivity index (χ3n) is 4.62. The minimum Gasteiger partial charge on any atom is -0.493 e. The zero-order valence-corrected chi connectivity index (χ0v) is 13.2. The summed E-state index contributed by atoms with van der Waals surface area (Å²) in [6.07, 6.45) is 1.46. The average molecular weight is 319 g/mol. The molecule has 0 bridgehead atoms. The van der Waals surface area contributed by atoms with Crippen LogP contribution < -0.4 is 4.74 Å². The molecule has 23 heavy (non-hydrogen) atoms. The van der Waals surface area contributed by atoms with Crippen molar-refractivity contribution < 1.29 is 24.2 Å². The third-order valence-corrected chi connectivity index (χ3v) is 4.62. The summed E-state index contributed by atoms with van der Waals surface area (Å²) in [6, 6.07) is 5.30. The van der Waals surface area contributed by atoms with Gasteiger partial charge < -0.3 is 19.5 Å². The Balaban J connectivity index is 1.96. The molecule has 1 aromatic carbocycles. The molecule has 2 aliphatic heterocycles. The number of benzene rings is 1. The fourth-order valence-corrected chi connectivity index (χ4v) is 3.47. The highest BCUT2D eigenvalue weighted by atomic mass is 16.5. The molecule has 2 aliphatic rings. The molecule has 1 saturated heterocycles. The third kappa shape index (κ3) is 3.03. The highest BCUT2D eigenvalue weighted by Gasteiger charge is 2.40. The molecule has 124 valence electrons. The molecule has 1 fully saturated rings. The van der Waals surface area contributed by atoms with Crippen LogP contribution in [-0.4, -0.2) is 48.8 Å². The number of hydrogen-bond acceptors (Lipinski definition) is 4. The number of carboxylic acid groups (broad SMARTS) is 1. The minimum atomic E-state index is -0.860. The molecular weight excluding hydrogens is 298 g/mol. The monoisotopic (exact) mass is 319 g/mol. The first kappa shape index (κ1) is 15.8. The molecule has 6 nitrogen and oxygen atoms in total. The van der Waals surface area contributed by atoms with Crippen LogP contribution in [-0.2, 0) is 20.7 Å². The number of carbonyl (C=O) groups excluding carboxylic acids is 1. The summed E-state index contributed by atoms with van der Waals surface area (Å²) < 4.78 is 10.6. The van der Waals surface area contributed by atoms with Gasteiger partial charge in [0.05, 0.1) is 25.2 Å². The first-order valence-corrected chi connectivity index (χ1v) is 7.88. The lowest BCUT2D eigenvalue weighted by Gasteiger charge is -2.39. The lowest BCUT2D eigenvalue weighted by molar-refractivity contribution is -0.152. The molecule has 6 heteroatoms. The predicted molar refractivity (Wildman–Crippen MR) is 82.3 cm³/mol. The van der Waals surface area contributed by atoms with Crippen LogP contribution in [0.15, 0.2) is 18.2 Å². The van der Waals surface area contributed by atoms with Gasteiger partial charge in [-0.05, 0) is 29.7 Å². The lowest BCUT2D eigenvalue weighted by Crippen LogP contribution is -2.46. The number of hydrogen-bond donors (Lipinski definition) is 1. The standard InChI is InChI=1S/C17H21NO5/c1-22-9-7-18-15(19)5-3-13(17(20)21)16(18)12-2-4-14-11(10-12)6-8-23-14/h2,4,10,13,16H,3,5-9H2,1H3,(H,20,21)/t13-,16+/m1/s1. The molecule has 3 rings (SSSR count). The van der Waals surface area contributed by atoms with E-state index in [1.165, 1.54) is 0 Å². The number of ether oxygens (including phenoxy) is 2. The van der Waals surface area contributed by atoms with Crippen LogP contribution in [0.5, 0.6) is 5.75 Å². The van der Waals surface area contributed by atoms with E-state index >= 15 is 0 Å². The van der Waals surface area contributed by atoms with Crippen molar-refractivity contribution in [1.29, 1.82) is 0 Å². The zero-order chi connectivity index (χ0) is 16.4. The lowest BCUT2D eigenvalue weighted by atomic mass is 9.83. The first-order chi connectivity index (χ1) is 11.1.